The van der Waals surface area contributed by atoms with Crippen LogP contribution in [0.15, 0.2) is 48.5 Å². The molecule has 4 nitrogen and oxygen atoms in total. The number of rotatable bonds is 4. The van der Waals surface area contributed by atoms with Crippen molar-refractivity contribution in [3.8, 4) is 5.75 Å². The van der Waals surface area contributed by atoms with Gasteiger partial charge in [0, 0.05) is 5.56 Å². The van der Waals surface area contributed by atoms with E-state index in [-0.39, 0.29) is 11.8 Å². The average molecular weight is 268 g/mol. The predicted octanol–water partition coefficient (Wildman–Crippen LogP) is 2.60. The third-order valence-electron chi connectivity index (χ3n) is 2.74. The summed E-state index contributed by atoms with van der Waals surface area (Å²) in [5.74, 6) is -0.765. The van der Waals surface area contributed by atoms with E-state index in [9.17, 15) is 14.4 Å². The zero-order valence-corrected chi connectivity index (χ0v) is 10.8. The van der Waals surface area contributed by atoms with Crippen molar-refractivity contribution in [2.75, 3.05) is 0 Å². The molecule has 2 aromatic carbocycles. The Morgan fingerprint density at radius 3 is 2.00 bits per heavy atom. The van der Waals surface area contributed by atoms with Gasteiger partial charge in [0.05, 0.1) is 5.56 Å². The molecule has 0 N–H and O–H groups in total. The molecule has 0 bridgehead atoms. The highest BCUT2D eigenvalue weighted by atomic mass is 16.5. The van der Waals surface area contributed by atoms with Gasteiger partial charge in [-0.25, -0.2) is 4.79 Å². The molecule has 0 radical (unpaired) electrons. The molecule has 2 aromatic rings. The van der Waals surface area contributed by atoms with E-state index in [0.717, 1.165) is 5.56 Å². The fraction of sp³-hybridized carbons (Fsp3) is 0.0625. The van der Waals surface area contributed by atoms with Crippen LogP contribution in [0.3, 0.4) is 0 Å². The number of carbonyl (C=O) groups excluding carboxylic acids is 3. The Morgan fingerprint density at radius 2 is 1.45 bits per heavy atom. The SMILES string of the molecule is Cc1ccc(C(=O)Oc2ccc(C(=O)C=O)cc2)cc1. The van der Waals surface area contributed by atoms with Crippen molar-refractivity contribution >= 4 is 18.0 Å². The van der Waals surface area contributed by atoms with Crippen LogP contribution < -0.4 is 4.74 Å². The van der Waals surface area contributed by atoms with E-state index >= 15 is 0 Å². The largest absolute Gasteiger partial charge is 0.423 e. The normalized spacial score (nSPS) is 9.85. The minimum Gasteiger partial charge on any atom is -0.423 e. The second-order valence-electron chi connectivity index (χ2n) is 4.26. The molecule has 0 saturated carbocycles. The fourth-order valence-electron chi connectivity index (χ4n) is 1.61. The molecule has 100 valence electrons. The topological polar surface area (TPSA) is 60.4 Å². The van der Waals surface area contributed by atoms with Gasteiger partial charge in [0.25, 0.3) is 0 Å². The van der Waals surface area contributed by atoms with Crippen LogP contribution >= 0.6 is 0 Å². The number of hydrogen-bond donors (Lipinski definition) is 0. The van der Waals surface area contributed by atoms with Crippen LogP contribution in [0.4, 0.5) is 0 Å². The molecule has 0 atom stereocenters. The highest BCUT2D eigenvalue weighted by Crippen LogP contribution is 2.14. The predicted molar refractivity (Wildman–Crippen MR) is 73.0 cm³/mol. The van der Waals surface area contributed by atoms with Crippen molar-refractivity contribution in [1.82, 2.24) is 0 Å². The lowest BCUT2D eigenvalue weighted by molar-refractivity contribution is -0.104. The minimum absolute atomic E-state index is 0.243. The van der Waals surface area contributed by atoms with E-state index in [2.05, 4.69) is 0 Å². The van der Waals surface area contributed by atoms with Crippen LogP contribution in [0.2, 0.25) is 0 Å². The van der Waals surface area contributed by atoms with Gasteiger partial charge in [-0.3, -0.25) is 9.59 Å². The van der Waals surface area contributed by atoms with E-state index in [1.54, 1.807) is 12.1 Å². The average Bonchev–Trinajstić information content (AvgIpc) is 2.48. The summed E-state index contributed by atoms with van der Waals surface area (Å²) in [5, 5.41) is 0. The molecule has 2 rings (SSSR count). The van der Waals surface area contributed by atoms with Crippen LogP contribution in [0, 0.1) is 6.92 Å². The summed E-state index contributed by atoms with van der Waals surface area (Å²) >= 11 is 0. The lowest BCUT2D eigenvalue weighted by Gasteiger charge is -2.05. The number of Topliss-reactive ketones (excluding diaryl/α,β-unsaturated/α-hetero) is 1. The summed E-state index contributed by atoms with van der Waals surface area (Å²) in [5.41, 5.74) is 1.76. The van der Waals surface area contributed by atoms with Gasteiger partial charge in [0.2, 0.25) is 5.78 Å². The fourth-order valence-corrected chi connectivity index (χ4v) is 1.61. The Balaban J connectivity index is 2.10. The van der Waals surface area contributed by atoms with Crippen molar-refractivity contribution in [3.63, 3.8) is 0 Å². The summed E-state index contributed by atoms with van der Waals surface area (Å²) in [4.78, 5) is 33.3. The Morgan fingerprint density at radius 1 is 0.900 bits per heavy atom. The molecule has 0 aliphatic carbocycles. The standard InChI is InChI=1S/C16H12O4/c1-11-2-4-13(5-3-11)16(19)20-14-8-6-12(7-9-14)15(18)10-17/h2-10H,1H3. The molecule has 0 fully saturated rings. The number of benzene rings is 2. The van der Waals surface area contributed by atoms with Gasteiger partial charge in [0.1, 0.15) is 5.75 Å². The van der Waals surface area contributed by atoms with E-state index in [1.165, 1.54) is 24.3 Å². The zero-order valence-electron chi connectivity index (χ0n) is 10.8. The number of carbonyl (C=O) groups is 3. The van der Waals surface area contributed by atoms with Gasteiger partial charge < -0.3 is 4.74 Å². The Hall–Kier alpha value is -2.75. The third-order valence-corrected chi connectivity index (χ3v) is 2.74. The van der Waals surface area contributed by atoms with Crippen molar-refractivity contribution in [3.05, 3.63) is 65.2 Å². The lowest BCUT2D eigenvalue weighted by atomic mass is 10.1. The highest BCUT2D eigenvalue weighted by Gasteiger charge is 2.09. The monoisotopic (exact) mass is 268 g/mol. The Kier molecular flexibility index (Phi) is 4.05. The number of aryl methyl sites for hydroxylation is 1. The summed E-state index contributed by atoms with van der Waals surface area (Å²) in [6.07, 6.45) is 0.243. The number of hydrogen-bond acceptors (Lipinski definition) is 4. The lowest BCUT2D eigenvalue weighted by Crippen LogP contribution is -2.08. The highest BCUT2D eigenvalue weighted by molar-refractivity contribution is 6.33. The van der Waals surface area contributed by atoms with Gasteiger partial charge in [-0.1, -0.05) is 17.7 Å². The van der Waals surface area contributed by atoms with Gasteiger partial charge in [0.15, 0.2) is 6.29 Å². The molecule has 0 saturated heterocycles. The molecule has 0 spiro atoms. The first-order valence-corrected chi connectivity index (χ1v) is 5.98. The summed E-state index contributed by atoms with van der Waals surface area (Å²) < 4.78 is 5.17. The zero-order chi connectivity index (χ0) is 14.5. The van der Waals surface area contributed by atoms with Gasteiger partial charge in [-0.15, -0.1) is 0 Å². The smallest absolute Gasteiger partial charge is 0.343 e. The van der Waals surface area contributed by atoms with Crippen LogP contribution in [-0.4, -0.2) is 18.0 Å². The number of aldehydes is 1. The molecule has 0 unspecified atom stereocenters. The third kappa shape index (κ3) is 3.17. The molecule has 20 heavy (non-hydrogen) atoms. The quantitative estimate of drug-likeness (QED) is 0.281. The van der Waals surface area contributed by atoms with E-state index in [4.69, 9.17) is 4.74 Å². The van der Waals surface area contributed by atoms with E-state index in [0.29, 0.717) is 11.3 Å². The maximum Gasteiger partial charge on any atom is 0.343 e. The molecule has 0 aromatic heterocycles. The number of ether oxygens (including phenoxy) is 1. The molecular weight excluding hydrogens is 256 g/mol. The van der Waals surface area contributed by atoms with E-state index < -0.39 is 11.8 Å². The maximum absolute atomic E-state index is 11.9. The molecule has 0 amide bonds. The summed E-state index contributed by atoms with van der Waals surface area (Å²) in [6.45, 7) is 1.93. The van der Waals surface area contributed by atoms with Crippen LogP contribution in [-0.2, 0) is 4.79 Å². The molecular formula is C16H12O4. The number of ketones is 1. The Labute approximate surface area is 116 Å². The van der Waals surface area contributed by atoms with Crippen LogP contribution in [0.25, 0.3) is 0 Å². The summed E-state index contributed by atoms with van der Waals surface area (Å²) in [7, 11) is 0. The first-order valence-electron chi connectivity index (χ1n) is 5.98. The van der Waals surface area contributed by atoms with Crippen molar-refractivity contribution in [2.45, 2.75) is 6.92 Å². The number of esters is 1. The van der Waals surface area contributed by atoms with Gasteiger partial charge >= 0.3 is 5.97 Å². The second kappa shape index (κ2) is 5.93. The van der Waals surface area contributed by atoms with Crippen molar-refractivity contribution < 1.29 is 19.1 Å². The molecule has 4 heteroatoms. The van der Waals surface area contributed by atoms with Crippen LogP contribution in [0.1, 0.15) is 26.3 Å². The van der Waals surface area contributed by atoms with Crippen molar-refractivity contribution in [1.29, 1.82) is 0 Å². The maximum atomic E-state index is 11.9. The second-order valence-corrected chi connectivity index (χ2v) is 4.26. The van der Waals surface area contributed by atoms with Crippen molar-refractivity contribution in [2.24, 2.45) is 0 Å². The van der Waals surface area contributed by atoms with E-state index in [1.807, 2.05) is 19.1 Å². The molecule has 0 aliphatic heterocycles. The molecule has 0 aliphatic rings. The first kappa shape index (κ1) is 13.7. The van der Waals surface area contributed by atoms with Gasteiger partial charge in [-0.05, 0) is 43.3 Å². The first-order chi connectivity index (χ1) is 9.60. The Bertz CT molecular complexity index is 639. The van der Waals surface area contributed by atoms with Crippen LogP contribution in [0.5, 0.6) is 5.75 Å². The minimum atomic E-state index is -0.610. The van der Waals surface area contributed by atoms with Gasteiger partial charge in [-0.2, -0.15) is 0 Å². The molecule has 0 heterocycles. The summed E-state index contributed by atoms with van der Waals surface area (Å²) in [6, 6.07) is 12.8.